The van der Waals surface area contributed by atoms with Crippen molar-refractivity contribution < 1.29 is 51.0 Å². The van der Waals surface area contributed by atoms with E-state index in [4.69, 9.17) is 34.8 Å². The summed E-state index contributed by atoms with van der Waals surface area (Å²) in [6.07, 6.45) is 2.33. The van der Waals surface area contributed by atoms with Crippen molar-refractivity contribution in [3.8, 4) is 17.2 Å². The molecule has 0 aromatic heterocycles. The van der Waals surface area contributed by atoms with E-state index in [1.54, 1.807) is 0 Å². The van der Waals surface area contributed by atoms with Crippen molar-refractivity contribution in [2.75, 3.05) is 18.8 Å². The average molecular weight is 768 g/mol. The minimum Gasteiger partial charge on any atom is -0.379 e. The van der Waals surface area contributed by atoms with E-state index in [-0.39, 0.29) is 29.8 Å². The summed E-state index contributed by atoms with van der Waals surface area (Å²) in [5, 5.41) is 0.00933. The van der Waals surface area contributed by atoms with Gasteiger partial charge in [0.05, 0.1) is 33.8 Å². The maximum absolute atomic E-state index is 13.8. The SMILES string of the molecule is CS(=O)(=O)Oc1cc(S)c(Cl)cc1F.CS(=O)(=O)Oc1cc(SSc2cc(OS(C)(=O)=O)c(F)cc2Cl)c(Cl)cc1F. The summed E-state index contributed by atoms with van der Waals surface area (Å²) in [4.78, 5) is 0.682. The van der Waals surface area contributed by atoms with Gasteiger partial charge in [0, 0.05) is 26.8 Å². The van der Waals surface area contributed by atoms with Crippen molar-refractivity contribution in [2.45, 2.75) is 14.7 Å². The Bertz CT molecular complexity index is 1740. The number of hydrogen-bond acceptors (Lipinski definition) is 12. The molecule has 0 spiro atoms. The van der Waals surface area contributed by atoms with Crippen molar-refractivity contribution in [3.63, 3.8) is 0 Å². The summed E-state index contributed by atoms with van der Waals surface area (Å²) in [6, 6.07) is 5.92. The maximum atomic E-state index is 13.8. The van der Waals surface area contributed by atoms with Crippen LogP contribution in [0.15, 0.2) is 51.1 Å². The highest BCUT2D eigenvalue weighted by molar-refractivity contribution is 8.76. The van der Waals surface area contributed by atoms with Crippen LogP contribution in [-0.4, -0.2) is 44.0 Å². The smallest absolute Gasteiger partial charge is 0.306 e. The highest BCUT2D eigenvalue weighted by Crippen LogP contribution is 2.46. The molecule has 0 radical (unpaired) electrons. The molecule has 0 amide bonds. The lowest BCUT2D eigenvalue weighted by molar-refractivity contribution is 0.465. The van der Waals surface area contributed by atoms with E-state index in [0.717, 1.165) is 76.8 Å². The van der Waals surface area contributed by atoms with Gasteiger partial charge < -0.3 is 12.5 Å². The van der Waals surface area contributed by atoms with Crippen LogP contribution < -0.4 is 12.5 Å². The topological polar surface area (TPSA) is 130 Å². The first-order valence-electron chi connectivity index (χ1n) is 10.2. The quantitative estimate of drug-likeness (QED) is 0.139. The van der Waals surface area contributed by atoms with Crippen LogP contribution in [0.2, 0.25) is 15.1 Å². The predicted octanol–water partition coefficient (Wildman–Crippen LogP) is 6.85. The number of hydrogen-bond donors (Lipinski definition) is 1. The lowest BCUT2D eigenvalue weighted by Gasteiger charge is -2.11. The number of halogens is 6. The Morgan fingerprint density at radius 3 is 1.17 bits per heavy atom. The van der Waals surface area contributed by atoms with E-state index in [1.165, 1.54) is 0 Å². The number of benzene rings is 3. The minimum absolute atomic E-state index is 0.0401. The zero-order valence-corrected chi connectivity index (χ0v) is 28.1. The summed E-state index contributed by atoms with van der Waals surface area (Å²) in [6.45, 7) is 0. The fourth-order valence-electron chi connectivity index (χ4n) is 2.44. The minimum atomic E-state index is -3.97. The van der Waals surface area contributed by atoms with Crippen LogP contribution in [0.4, 0.5) is 13.2 Å². The molecule has 3 rings (SSSR count). The van der Waals surface area contributed by atoms with E-state index < -0.39 is 65.1 Å². The van der Waals surface area contributed by atoms with Crippen LogP contribution in [0, 0.1) is 17.5 Å². The molecule has 0 saturated heterocycles. The monoisotopic (exact) mass is 766 g/mol. The number of rotatable bonds is 9. The maximum Gasteiger partial charge on any atom is 0.306 e. The van der Waals surface area contributed by atoms with Crippen molar-refractivity contribution in [1.82, 2.24) is 0 Å². The van der Waals surface area contributed by atoms with Crippen LogP contribution in [-0.2, 0) is 30.4 Å². The zero-order valence-electron chi connectivity index (χ0n) is 20.9. The lowest BCUT2D eigenvalue weighted by atomic mass is 10.3. The molecule has 0 aliphatic heterocycles. The molecule has 0 aliphatic carbocycles. The van der Waals surface area contributed by atoms with Crippen LogP contribution in [0.25, 0.3) is 0 Å². The largest absolute Gasteiger partial charge is 0.379 e. The standard InChI is InChI=1S/C14H10Cl2F2O6S4.C7H6ClFO3S2/c1-27(19,20)23-11-5-13(7(15)3-9(11)17)25-26-14-6-12(24-28(2,21)22)10(18)4-8(14)16;1-14(10,11)12-6-3-7(13)4(8)2-5(6)9/h3-6H,1-2H3;2-3,13H,1H3. The molecule has 0 heterocycles. The highest BCUT2D eigenvalue weighted by atomic mass is 35.5. The summed E-state index contributed by atoms with van der Waals surface area (Å²) in [5.41, 5.74) is 0. The highest BCUT2D eigenvalue weighted by Gasteiger charge is 2.18. The van der Waals surface area contributed by atoms with Gasteiger partial charge in [0.25, 0.3) is 0 Å². The second kappa shape index (κ2) is 14.6. The first-order chi connectivity index (χ1) is 19.0. The van der Waals surface area contributed by atoms with Gasteiger partial charge in [-0.2, -0.15) is 25.3 Å². The first kappa shape index (κ1) is 36.8. The third-order valence-corrected chi connectivity index (χ3v) is 9.48. The van der Waals surface area contributed by atoms with E-state index in [2.05, 4.69) is 25.2 Å². The molecule has 3 aromatic carbocycles. The van der Waals surface area contributed by atoms with Crippen molar-refractivity contribution in [2.24, 2.45) is 0 Å². The van der Waals surface area contributed by atoms with Crippen LogP contribution in [0.3, 0.4) is 0 Å². The third-order valence-electron chi connectivity index (χ3n) is 3.92. The molecular formula is C21H16Cl3F3O9S6. The molecule has 0 unspecified atom stereocenters. The summed E-state index contributed by atoms with van der Waals surface area (Å²) in [7, 11) is -9.82. The average Bonchev–Trinajstić information content (AvgIpc) is 2.79. The Balaban J connectivity index is 0.000000369. The van der Waals surface area contributed by atoms with Gasteiger partial charge in [-0.15, -0.1) is 12.6 Å². The normalized spacial score (nSPS) is 11.9. The van der Waals surface area contributed by atoms with Gasteiger partial charge in [0.2, 0.25) is 0 Å². The van der Waals surface area contributed by atoms with Gasteiger partial charge >= 0.3 is 30.4 Å². The molecule has 3 aromatic rings. The fraction of sp³-hybridized carbons (Fsp3) is 0.143. The second-order valence-corrected chi connectivity index (χ2v) is 16.3. The molecule has 0 aliphatic rings. The molecule has 0 atom stereocenters. The predicted molar refractivity (Wildman–Crippen MR) is 160 cm³/mol. The van der Waals surface area contributed by atoms with Gasteiger partial charge in [-0.25, -0.2) is 13.2 Å². The van der Waals surface area contributed by atoms with Gasteiger partial charge in [-0.05, 0) is 24.3 Å². The van der Waals surface area contributed by atoms with Gasteiger partial charge in [0.1, 0.15) is 0 Å². The zero-order chi connectivity index (χ0) is 32.2. The molecule has 0 N–H and O–H groups in total. The second-order valence-electron chi connectivity index (χ2n) is 7.69. The first-order valence-corrected chi connectivity index (χ1v) is 19.4. The van der Waals surface area contributed by atoms with Gasteiger partial charge in [-0.1, -0.05) is 56.4 Å². The van der Waals surface area contributed by atoms with E-state index >= 15 is 0 Å². The summed E-state index contributed by atoms with van der Waals surface area (Å²) < 4.78 is 120. The summed E-state index contributed by atoms with van der Waals surface area (Å²) >= 11 is 21.3. The van der Waals surface area contributed by atoms with Crippen LogP contribution in [0.1, 0.15) is 0 Å². The van der Waals surface area contributed by atoms with Crippen molar-refractivity contribution >= 4 is 99.4 Å². The molecule has 0 saturated carbocycles. The number of thiol groups is 1. The van der Waals surface area contributed by atoms with Crippen molar-refractivity contribution in [3.05, 3.63) is 68.9 Å². The van der Waals surface area contributed by atoms with Crippen LogP contribution in [0.5, 0.6) is 17.2 Å². The lowest BCUT2D eigenvalue weighted by Crippen LogP contribution is -2.07. The van der Waals surface area contributed by atoms with Gasteiger partial charge in [-0.3, -0.25) is 0 Å². The molecular weight excluding hydrogens is 752 g/mol. The molecule has 0 bridgehead atoms. The van der Waals surface area contributed by atoms with E-state index in [1.807, 2.05) is 0 Å². The fourth-order valence-corrected chi connectivity index (χ4v) is 7.07. The summed E-state index contributed by atoms with van der Waals surface area (Å²) in [5.74, 6) is -4.33. The molecule has 232 valence electrons. The molecule has 0 fully saturated rings. The van der Waals surface area contributed by atoms with Crippen molar-refractivity contribution in [1.29, 1.82) is 0 Å². The molecule has 42 heavy (non-hydrogen) atoms. The Kier molecular flexibility index (Phi) is 12.8. The van der Waals surface area contributed by atoms with E-state index in [0.29, 0.717) is 0 Å². The Morgan fingerprint density at radius 2 is 0.857 bits per heavy atom. The Hall–Kier alpha value is -1.38. The van der Waals surface area contributed by atoms with Crippen LogP contribution >= 0.6 is 69.0 Å². The molecule has 21 heteroatoms. The Labute approximate surface area is 268 Å². The van der Waals surface area contributed by atoms with E-state index in [9.17, 15) is 38.4 Å². The Morgan fingerprint density at radius 1 is 0.571 bits per heavy atom. The third kappa shape index (κ3) is 12.3. The molecule has 9 nitrogen and oxygen atoms in total. The van der Waals surface area contributed by atoms with Gasteiger partial charge in [0.15, 0.2) is 34.7 Å².